The molecule has 0 bridgehead atoms. The molecule has 0 unspecified atom stereocenters. The summed E-state index contributed by atoms with van der Waals surface area (Å²) in [5.74, 6) is -0.347. The molecule has 2 rings (SSSR count). The van der Waals surface area contributed by atoms with Crippen molar-refractivity contribution in [3.8, 4) is 0 Å². The summed E-state index contributed by atoms with van der Waals surface area (Å²) in [4.78, 5) is 28.1. The Bertz CT molecular complexity index is 1160. The van der Waals surface area contributed by atoms with Gasteiger partial charge in [-0.05, 0) is 81.8 Å². The van der Waals surface area contributed by atoms with Gasteiger partial charge < -0.3 is 10.2 Å². The summed E-state index contributed by atoms with van der Waals surface area (Å²) < 4.78 is 26.4. The van der Waals surface area contributed by atoms with Gasteiger partial charge in [-0.25, -0.2) is 8.42 Å². The molecule has 0 aliphatic heterocycles. The summed E-state index contributed by atoms with van der Waals surface area (Å²) in [6.07, 6.45) is 2.13. The molecule has 0 aliphatic rings. The van der Waals surface area contributed by atoms with E-state index in [0.717, 1.165) is 22.3 Å². The van der Waals surface area contributed by atoms with E-state index in [-0.39, 0.29) is 30.8 Å². The second-order valence-corrected chi connectivity index (χ2v) is 11.6. The van der Waals surface area contributed by atoms with Crippen LogP contribution >= 0.6 is 0 Å². The summed E-state index contributed by atoms with van der Waals surface area (Å²) in [7, 11) is -3.52. The Morgan fingerprint density at radius 1 is 0.972 bits per heavy atom. The van der Waals surface area contributed by atoms with Gasteiger partial charge in [-0.2, -0.15) is 0 Å². The number of carbonyl (C=O) groups is 2. The minimum Gasteiger partial charge on any atom is -0.352 e. The van der Waals surface area contributed by atoms with E-state index in [1.807, 2.05) is 77.9 Å². The van der Waals surface area contributed by atoms with Crippen molar-refractivity contribution in [3.63, 3.8) is 0 Å². The lowest BCUT2D eigenvalue weighted by molar-refractivity contribution is -0.141. The van der Waals surface area contributed by atoms with Gasteiger partial charge in [0.15, 0.2) is 0 Å². The molecule has 0 aliphatic carbocycles. The van der Waals surface area contributed by atoms with Gasteiger partial charge in [0.05, 0.1) is 11.9 Å². The highest BCUT2D eigenvalue weighted by molar-refractivity contribution is 7.92. The zero-order valence-electron chi connectivity index (χ0n) is 22.7. The molecule has 2 amide bonds. The number of hydrogen-bond acceptors (Lipinski definition) is 4. The summed E-state index contributed by atoms with van der Waals surface area (Å²) in [5.41, 5.74) is 4.71. The van der Waals surface area contributed by atoms with Crippen LogP contribution in [0.1, 0.15) is 62.3 Å². The number of benzene rings is 2. The molecular formula is C28H41N3O4S. The van der Waals surface area contributed by atoms with Gasteiger partial charge >= 0.3 is 0 Å². The maximum absolute atomic E-state index is 13.5. The fourth-order valence-electron chi connectivity index (χ4n) is 4.16. The molecule has 1 atom stereocenters. The van der Waals surface area contributed by atoms with Crippen LogP contribution in [0.3, 0.4) is 0 Å². The molecule has 0 radical (unpaired) electrons. The van der Waals surface area contributed by atoms with Crippen LogP contribution in [0, 0.1) is 20.8 Å². The van der Waals surface area contributed by atoms with Gasteiger partial charge in [0, 0.05) is 25.6 Å². The topological polar surface area (TPSA) is 86.8 Å². The number of nitrogens with one attached hydrogen (secondary N) is 1. The molecule has 0 saturated carbocycles. The number of anilines is 1. The van der Waals surface area contributed by atoms with E-state index in [1.165, 1.54) is 10.6 Å². The molecule has 7 nitrogen and oxygen atoms in total. The minimum absolute atomic E-state index is 0.0387. The predicted octanol–water partition coefficient (Wildman–Crippen LogP) is 4.49. The molecule has 2 aromatic rings. The molecule has 0 fully saturated rings. The van der Waals surface area contributed by atoms with E-state index in [0.29, 0.717) is 25.1 Å². The quantitative estimate of drug-likeness (QED) is 0.451. The standard InChI is InChI=1S/C28H41N3O4S/c1-8-26(28(33)29-20(2)3)30(19-24-13-10-9-12-22(24)5)27(32)14-11-17-31(36(7,34)35)25-16-15-21(4)23(6)18-25/h9-10,12-13,15-16,18,20,26H,8,11,14,17,19H2,1-7H3,(H,29,33)/t26-/m0/s1. The van der Waals surface area contributed by atoms with Crippen LogP contribution in [0.4, 0.5) is 5.69 Å². The molecule has 2 aromatic carbocycles. The van der Waals surface area contributed by atoms with Crippen molar-refractivity contribution >= 4 is 27.5 Å². The molecule has 0 saturated heterocycles. The Kier molecular flexibility index (Phi) is 10.5. The van der Waals surface area contributed by atoms with Gasteiger partial charge in [0.25, 0.3) is 0 Å². The highest BCUT2D eigenvalue weighted by Gasteiger charge is 2.29. The predicted molar refractivity (Wildman–Crippen MR) is 146 cm³/mol. The van der Waals surface area contributed by atoms with Crippen molar-refractivity contribution in [2.75, 3.05) is 17.1 Å². The van der Waals surface area contributed by atoms with Crippen LogP contribution in [-0.2, 0) is 26.2 Å². The molecule has 198 valence electrons. The van der Waals surface area contributed by atoms with Crippen LogP contribution in [0.2, 0.25) is 0 Å². The molecule has 1 N–H and O–H groups in total. The van der Waals surface area contributed by atoms with Crippen molar-refractivity contribution in [2.45, 2.75) is 79.4 Å². The Morgan fingerprint density at radius 2 is 1.64 bits per heavy atom. The zero-order valence-corrected chi connectivity index (χ0v) is 23.5. The second-order valence-electron chi connectivity index (χ2n) is 9.74. The van der Waals surface area contributed by atoms with E-state index in [2.05, 4.69) is 5.32 Å². The number of amides is 2. The van der Waals surface area contributed by atoms with Gasteiger partial charge in [-0.3, -0.25) is 13.9 Å². The van der Waals surface area contributed by atoms with Crippen LogP contribution < -0.4 is 9.62 Å². The number of sulfonamides is 1. The summed E-state index contributed by atoms with van der Waals surface area (Å²) in [6.45, 7) is 12.1. The summed E-state index contributed by atoms with van der Waals surface area (Å²) >= 11 is 0. The average Bonchev–Trinajstić information content (AvgIpc) is 2.78. The lowest BCUT2D eigenvalue weighted by atomic mass is 10.0. The Hall–Kier alpha value is -2.87. The third-order valence-electron chi connectivity index (χ3n) is 6.35. The first-order valence-corrected chi connectivity index (χ1v) is 14.4. The van der Waals surface area contributed by atoms with Crippen LogP contribution in [0.15, 0.2) is 42.5 Å². The van der Waals surface area contributed by atoms with Crippen molar-refractivity contribution in [1.29, 1.82) is 0 Å². The number of rotatable bonds is 12. The lowest BCUT2D eigenvalue weighted by Crippen LogP contribution is -2.50. The maximum Gasteiger partial charge on any atom is 0.243 e. The normalized spacial score (nSPS) is 12.3. The molecule has 0 aromatic heterocycles. The highest BCUT2D eigenvalue weighted by atomic mass is 32.2. The first-order valence-electron chi connectivity index (χ1n) is 12.5. The maximum atomic E-state index is 13.5. The number of hydrogen-bond donors (Lipinski definition) is 1. The van der Waals surface area contributed by atoms with E-state index >= 15 is 0 Å². The minimum atomic E-state index is -3.52. The summed E-state index contributed by atoms with van der Waals surface area (Å²) in [6, 6.07) is 12.7. The van der Waals surface area contributed by atoms with Gasteiger partial charge in [0.1, 0.15) is 6.04 Å². The van der Waals surface area contributed by atoms with E-state index in [9.17, 15) is 18.0 Å². The van der Waals surface area contributed by atoms with E-state index in [4.69, 9.17) is 0 Å². The molecular weight excluding hydrogens is 474 g/mol. The number of nitrogens with zero attached hydrogens (tertiary/aromatic N) is 2. The third-order valence-corrected chi connectivity index (χ3v) is 7.54. The smallest absolute Gasteiger partial charge is 0.243 e. The number of carbonyl (C=O) groups excluding carboxylic acids is 2. The van der Waals surface area contributed by atoms with Gasteiger partial charge in [-0.1, -0.05) is 37.3 Å². The van der Waals surface area contributed by atoms with Crippen molar-refractivity contribution in [3.05, 3.63) is 64.7 Å². The Labute approximate surface area is 216 Å². The monoisotopic (exact) mass is 515 g/mol. The second kappa shape index (κ2) is 12.9. The summed E-state index contributed by atoms with van der Waals surface area (Å²) in [5, 5.41) is 2.93. The van der Waals surface area contributed by atoms with Gasteiger partial charge in [0.2, 0.25) is 21.8 Å². The van der Waals surface area contributed by atoms with Crippen LogP contribution in [-0.4, -0.2) is 50.0 Å². The van der Waals surface area contributed by atoms with Crippen LogP contribution in [0.5, 0.6) is 0 Å². The third kappa shape index (κ3) is 8.08. The molecule has 0 heterocycles. The zero-order chi connectivity index (χ0) is 27.0. The largest absolute Gasteiger partial charge is 0.352 e. The van der Waals surface area contributed by atoms with Crippen LogP contribution in [0.25, 0.3) is 0 Å². The first-order chi connectivity index (χ1) is 16.8. The molecule has 8 heteroatoms. The lowest BCUT2D eigenvalue weighted by Gasteiger charge is -2.32. The highest BCUT2D eigenvalue weighted by Crippen LogP contribution is 2.23. The Morgan fingerprint density at radius 3 is 2.19 bits per heavy atom. The average molecular weight is 516 g/mol. The molecule has 0 spiro atoms. The van der Waals surface area contributed by atoms with E-state index < -0.39 is 16.1 Å². The fraction of sp³-hybridized carbons (Fsp3) is 0.500. The van der Waals surface area contributed by atoms with Crippen molar-refractivity contribution in [1.82, 2.24) is 10.2 Å². The SMILES string of the molecule is CC[C@@H](C(=O)NC(C)C)N(Cc1ccccc1C)C(=O)CCCN(c1ccc(C)c(C)c1)S(C)(=O)=O. The Balaban J connectivity index is 2.24. The van der Waals surface area contributed by atoms with Crippen molar-refractivity contribution < 1.29 is 18.0 Å². The first kappa shape index (κ1) is 29.4. The fourth-order valence-corrected chi connectivity index (χ4v) is 5.11. The molecule has 36 heavy (non-hydrogen) atoms. The van der Waals surface area contributed by atoms with Crippen molar-refractivity contribution in [2.24, 2.45) is 0 Å². The van der Waals surface area contributed by atoms with E-state index in [1.54, 1.807) is 11.0 Å². The van der Waals surface area contributed by atoms with Gasteiger partial charge in [-0.15, -0.1) is 0 Å². The number of aryl methyl sites for hydroxylation is 3.